The maximum absolute atomic E-state index is 5.86. The number of imidazole rings is 1. The maximum Gasteiger partial charge on any atom is 0.0949 e. The van der Waals surface area contributed by atoms with Gasteiger partial charge in [0.2, 0.25) is 0 Å². The molecule has 0 aliphatic rings. The Bertz CT molecular complexity index is 276. The lowest BCUT2D eigenvalue weighted by molar-refractivity contribution is 0.288. The van der Waals surface area contributed by atoms with Crippen molar-refractivity contribution in [2.75, 3.05) is 19.6 Å². The van der Waals surface area contributed by atoms with Crippen LogP contribution in [-0.4, -0.2) is 34.1 Å². The zero-order valence-electron chi connectivity index (χ0n) is 9.98. The highest BCUT2D eigenvalue weighted by atomic mass is 15.2. The van der Waals surface area contributed by atoms with Gasteiger partial charge in [0.1, 0.15) is 0 Å². The molecule has 0 saturated heterocycles. The monoisotopic (exact) mass is 210 g/mol. The molecule has 1 aromatic rings. The SMILES string of the molecule is CCN(CC)CCn1cncc1C(C)N. The number of hydrogen-bond donors (Lipinski definition) is 1. The summed E-state index contributed by atoms with van der Waals surface area (Å²) in [5.74, 6) is 0. The zero-order valence-corrected chi connectivity index (χ0v) is 9.98. The Morgan fingerprint density at radius 2 is 2.13 bits per heavy atom. The van der Waals surface area contributed by atoms with E-state index in [4.69, 9.17) is 5.73 Å². The summed E-state index contributed by atoms with van der Waals surface area (Å²) in [5.41, 5.74) is 6.97. The van der Waals surface area contributed by atoms with Gasteiger partial charge in [-0.3, -0.25) is 0 Å². The van der Waals surface area contributed by atoms with Crippen LogP contribution in [0.2, 0.25) is 0 Å². The van der Waals surface area contributed by atoms with Gasteiger partial charge >= 0.3 is 0 Å². The Kier molecular flexibility index (Phi) is 4.78. The summed E-state index contributed by atoms with van der Waals surface area (Å²) >= 11 is 0. The van der Waals surface area contributed by atoms with E-state index in [1.165, 1.54) is 0 Å². The largest absolute Gasteiger partial charge is 0.332 e. The highest BCUT2D eigenvalue weighted by molar-refractivity contribution is 5.03. The Labute approximate surface area is 92.1 Å². The maximum atomic E-state index is 5.86. The van der Waals surface area contributed by atoms with Gasteiger partial charge in [0.25, 0.3) is 0 Å². The van der Waals surface area contributed by atoms with E-state index >= 15 is 0 Å². The fraction of sp³-hybridized carbons (Fsp3) is 0.727. The van der Waals surface area contributed by atoms with E-state index in [1.54, 1.807) is 0 Å². The zero-order chi connectivity index (χ0) is 11.3. The molecule has 0 aliphatic heterocycles. The van der Waals surface area contributed by atoms with Crippen LogP contribution in [0.3, 0.4) is 0 Å². The second-order valence-corrected chi connectivity index (χ2v) is 3.83. The van der Waals surface area contributed by atoms with Crippen LogP contribution in [0.5, 0.6) is 0 Å². The van der Waals surface area contributed by atoms with Gasteiger partial charge in [-0.05, 0) is 20.0 Å². The van der Waals surface area contributed by atoms with Gasteiger partial charge in [0, 0.05) is 25.3 Å². The minimum atomic E-state index is 0.0594. The molecule has 0 aliphatic carbocycles. The molecule has 1 heterocycles. The number of nitrogens with zero attached hydrogens (tertiary/aromatic N) is 3. The first kappa shape index (κ1) is 12.2. The molecular formula is C11H22N4. The predicted molar refractivity (Wildman–Crippen MR) is 62.6 cm³/mol. The highest BCUT2D eigenvalue weighted by Crippen LogP contribution is 2.08. The molecule has 1 unspecified atom stereocenters. The molecule has 0 radical (unpaired) electrons. The van der Waals surface area contributed by atoms with E-state index in [2.05, 4.69) is 28.3 Å². The third kappa shape index (κ3) is 3.32. The van der Waals surface area contributed by atoms with Gasteiger partial charge in [-0.15, -0.1) is 0 Å². The summed E-state index contributed by atoms with van der Waals surface area (Å²) in [4.78, 5) is 6.53. The smallest absolute Gasteiger partial charge is 0.0949 e. The van der Waals surface area contributed by atoms with Crippen molar-refractivity contribution in [1.82, 2.24) is 14.5 Å². The molecule has 0 bridgehead atoms. The number of likely N-dealkylation sites (N-methyl/N-ethyl adjacent to an activating group) is 1. The van der Waals surface area contributed by atoms with Crippen molar-refractivity contribution < 1.29 is 0 Å². The minimum absolute atomic E-state index is 0.0594. The molecule has 2 N–H and O–H groups in total. The third-order valence-electron chi connectivity index (χ3n) is 2.76. The molecule has 0 spiro atoms. The van der Waals surface area contributed by atoms with Gasteiger partial charge in [0.15, 0.2) is 0 Å². The molecule has 4 heteroatoms. The van der Waals surface area contributed by atoms with Crippen LogP contribution in [0.1, 0.15) is 32.5 Å². The van der Waals surface area contributed by atoms with E-state index in [1.807, 2.05) is 19.4 Å². The first-order valence-corrected chi connectivity index (χ1v) is 5.67. The Morgan fingerprint density at radius 3 is 2.67 bits per heavy atom. The van der Waals surface area contributed by atoms with Crippen LogP contribution >= 0.6 is 0 Å². The van der Waals surface area contributed by atoms with Crippen molar-refractivity contribution >= 4 is 0 Å². The normalized spacial score (nSPS) is 13.4. The van der Waals surface area contributed by atoms with Crippen molar-refractivity contribution in [3.63, 3.8) is 0 Å². The topological polar surface area (TPSA) is 47.1 Å². The quantitative estimate of drug-likeness (QED) is 0.768. The second-order valence-electron chi connectivity index (χ2n) is 3.83. The Morgan fingerprint density at radius 1 is 1.47 bits per heavy atom. The summed E-state index contributed by atoms with van der Waals surface area (Å²) in [6.45, 7) is 10.6. The Balaban J connectivity index is 2.53. The molecule has 86 valence electrons. The lowest BCUT2D eigenvalue weighted by Gasteiger charge is -2.19. The average molecular weight is 210 g/mol. The van der Waals surface area contributed by atoms with Crippen molar-refractivity contribution in [2.24, 2.45) is 5.73 Å². The van der Waals surface area contributed by atoms with Crippen LogP contribution < -0.4 is 5.73 Å². The van der Waals surface area contributed by atoms with Crippen LogP contribution in [0.4, 0.5) is 0 Å². The summed E-state index contributed by atoms with van der Waals surface area (Å²) < 4.78 is 2.14. The number of rotatable bonds is 6. The lowest BCUT2D eigenvalue weighted by Crippen LogP contribution is -2.27. The van der Waals surface area contributed by atoms with Crippen molar-refractivity contribution in [2.45, 2.75) is 33.4 Å². The molecule has 15 heavy (non-hydrogen) atoms. The van der Waals surface area contributed by atoms with E-state index in [9.17, 15) is 0 Å². The van der Waals surface area contributed by atoms with Crippen molar-refractivity contribution in [1.29, 1.82) is 0 Å². The fourth-order valence-corrected chi connectivity index (χ4v) is 1.69. The Hall–Kier alpha value is -0.870. The van der Waals surface area contributed by atoms with E-state index in [0.717, 1.165) is 31.9 Å². The molecule has 1 atom stereocenters. The minimum Gasteiger partial charge on any atom is -0.332 e. The fourth-order valence-electron chi connectivity index (χ4n) is 1.69. The first-order chi connectivity index (χ1) is 7.19. The lowest BCUT2D eigenvalue weighted by atomic mass is 10.3. The molecular weight excluding hydrogens is 188 g/mol. The predicted octanol–water partition coefficient (Wildman–Crippen LogP) is 1.24. The highest BCUT2D eigenvalue weighted by Gasteiger charge is 2.07. The molecule has 1 aromatic heterocycles. The standard InChI is InChI=1S/C11H22N4/c1-4-14(5-2)6-7-15-9-13-8-11(15)10(3)12/h8-10H,4-7,12H2,1-3H3. The number of nitrogens with two attached hydrogens (primary N) is 1. The number of hydrogen-bond acceptors (Lipinski definition) is 3. The molecule has 0 saturated carbocycles. The summed E-state index contributed by atoms with van der Waals surface area (Å²) in [5, 5.41) is 0. The first-order valence-electron chi connectivity index (χ1n) is 5.67. The molecule has 0 fully saturated rings. The van der Waals surface area contributed by atoms with Gasteiger partial charge in [-0.1, -0.05) is 13.8 Å². The van der Waals surface area contributed by atoms with Gasteiger partial charge in [0.05, 0.1) is 12.0 Å². The van der Waals surface area contributed by atoms with E-state index in [0.29, 0.717) is 0 Å². The number of aromatic nitrogens is 2. The van der Waals surface area contributed by atoms with E-state index < -0.39 is 0 Å². The van der Waals surface area contributed by atoms with Crippen molar-refractivity contribution in [3.8, 4) is 0 Å². The van der Waals surface area contributed by atoms with Gasteiger partial charge < -0.3 is 15.2 Å². The van der Waals surface area contributed by atoms with Gasteiger partial charge in [-0.25, -0.2) is 4.98 Å². The van der Waals surface area contributed by atoms with E-state index in [-0.39, 0.29) is 6.04 Å². The molecule has 1 rings (SSSR count). The van der Waals surface area contributed by atoms with Crippen LogP contribution in [-0.2, 0) is 6.54 Å². The second kappa shape index (κ2) is 5.88. The molecule has 4 nitrogen and oxygen atoms in total. The van der Waals surface area contributed by atoms with Crippen LogP contribution in [0.25, 0.3) is 0 Å². The molecule has 0 amide bonds. The van der Waals surface area contributed by atoms with Crippen molar-refractivity contribution in [3.05, 3.63) is 18.2 Å². The van der Waals surface area contributed by atoms with Crippen LogP contribution in [0, 0.1) is 0 Å². The summed E-state index contributed by atoms with van der Waals surface area (Å²) in [7, 11) is 0. The summed E-state index contributed by atoms with van der Waals surface area (Å²) in [6.07, 6.45) is 3.72. The summed E-state index contributed by atoms with van der Waals surface area (Å²) in [6, 6.07) is 0.0594. The van der Waals surface area contributed by atoms with Gasteiger partial charge in [-0.2, -0.15) is 0 Å². The third-order valence-corrected chi connectivity index (χ3v) is 2.76. The average Bonchev–Trinajstić information content (AvgIpc) is 2.67. The van der Waals surface area contributed by atoms with Crippen LogP contribution in [0.15, 0.2) is 12.5 Å². The molecule has 0 aromatic carbocycles.